The minimum Gasteiger partial charge on any atom is -0.497 e. The van der Waals surface area contributed by atoms with Gasteiger partial charge in [-0.2, -0.15) is 5.10 Å². The number of anilines is 1. The van der Waals surface area contributed by atoms with Crippen LogP contribution in [0, 0.1) is 0 Å². The summed E-state index contributed by atoms with van der Waals surface area (Å²) in [6, 6.07) is 15.8. The quantitative estimate of drug-likeness (QED) is 0.439. The summed E-state index contributed by atoms with van der Waals surface area (Å²) >= 11 is 0. The minimum absolute atomic E-state index is 0.239. The fraction of sp³-hybridized carbons (Fsp3) is 0.308. The van der Waals surface area contributed by atoms with E-state index in [4.69, 9.17) is 14.2 Å². The summed E-state index contributed by atoms with van der Waals surface area (Å²) in [4.78, 5) is 37.0. The van der Waals surface area contributed by atoms with E-state index >= 15 is 0 Å². The van der Waals surface area contributed by atoms with Crippen LogP contribution < -0.4 is 20.1 Å². The molecule has 36 heavy (non-hydrogen) atoms. The first kappa shape index (κ1) is 26.3. The fourth-order valence-corrected chi connectivity index (χ4v) is 3.17. The maximum Gasteiger partial charge on any atom is 0.325 e. The number of aromatic nitrogens is 2. The third-order valence-electron chi connectivity index (χ3n) is 5.12. The predicted octanol–water partition coefficient (Wildman–Crippen LogP) is 3.10. The molecule has 10 nitrogen and oxygen atoms in total. The van der Waals surface area contributed by atoms with Crippen LogP contribution in [-0.4, -0.2) is 54.9 Å². The Balaban J connectivity index is 1.58. The highest BCUT2D eigenvalue weighted by Crippen LogP contribution is 2.26. The molecule has 0 saturated carbocycles. The molecule has 0 unspecified atom stereocenters. The summed E-state index contributed by atoms with van der Waals surface area (Å²) in [5, 5.41) is 9.83. The Hall–Kier alpha value is -4.34. The zero-order chi connectivity index (χ0) is 26.3. The molecule has 0 bridgehead atoms. The zero-order valence-corrected chi connectivity index (χ0v) is 21.0. The van der Waals surface area contributed by atoms with Crippen molar-refractivity contribution in [1.82, 2.24) is 15.1 Å². The van der Waals surface area contributed by atoms with Gasteiger partial charge in [0.25, 0.3) is 11.8 Å². The summed E-state index contributed by atoms with van der Waals surface area (Å²) in [5.41, 5.74) is 1.57. The van der Waals surface area contributed by atoms with E-state index < -0.39 is 30.9 Å². The van der Waals surface area contributed by atoms with Gasteiger partial charge in [0.2, 0.25) is 0 Å². The van der Waals surface area contributed by atoms with Gasteiger partial charge in [-0.3, -0.25) is 14.4 Å². The molecule has 0 saturated heterocycles. The van der Waals surface area contributed by atoms with Crippen LogP contribution in [0.4, 0.5) is 5.82 Å². The van der Waals surface area contributed by atoms with Gasteiger partial charge in [-0.15, -0.1) is 0 Å². The number of esters is 1. The van der Waals surface area contributed by atoms with Gasteiger partial charge in [0.15, 0.2) is 6.61 Å². The molecule has 0 aliphatic carbocycles. The van der Waals surface area contributed by atoms with Crippen molar-refractivity contribution in [2.24, 2.45) is 0 Å². The highest BCUT2D eigenvalue weighted by atomic mass is 16.5. The number of hydrogen-bond donors (Lipinski definition) is 2. The van der Waals surface area contributed by atoms with Gasteiger partial charge in [-0.05, 0) is 24.3 Å². The lowest BCUT2D eigenvalue weighted by Crippen LogP contribution is -2.32. The third-order valence-corrected chi connectivity index (χ3v) is 5.12. The van der Waals surface area contributed by atoms with Crippen LogP contribution >= 0.6 is 0 Å². The lowest BCUT2D eigenvalue weighted by atomic mass is 9.92. The van der Waals surface area contributed by atoms with E-state index in [0.29, 0.717) is 17.3 Å². The topological polar surface area (TPSA) is 121 Å². The van der Waals surface area contributed by atoms with Crippen LogP contribution in [0.1, 0.15) is 36.8 Å². The standard InChI is InChI=1S/C26H30N4O6/c1-26(2,3)21-14-22(30(29-21)18-9-7-6-8-10-18)28-23(31)16-36-24(32)15-27-25(33)17-11-19(34-4)13-20(12-17)35-5/h6-14H,15-16H2,1-5H3,(H,27,33)(H,28,31). The lowest BCUT2D eigenvalue weighted by Gasteiger charge is -2.14. The molecule has 3 rings (SSSR count). The van der Waals surface area contributed by atoms with E-state index in [1.54, 1.807) is 16.8 Å². The average Bonchev–Trinajstić information content (AvgIpc) is 3.30. The molecule has 0 aliphatic heterocycles. The molecule has 0 fully saturated rings. The first-order chi connectivity index (χ1) is 17.1. The molecule has 1 heterocycles. The van der Waals surface area contributed by atoms with Crippen molar-refractivity contribution in [2.75, 3.05) is 32.7 Å². The number of para-hydroxylation sites is 1. The van der Waals surface area contributed by atoms with Crippen LogP contribution in [0.5, 0.6) is 11.5 Å². The monoisotopic (exact) mass is 494 g/mol. The zero-order valence-electron chi connectivity index (χ0n) is 21.0. The van der Waals surface area contributed by atoms with E-state index in [-0.39, 0.29) is 11.0 Å². The van der Waals surface area contributed by atoms with Crippen molar-refractivity contribution in [2.45, 2.75) is 26.2 Å². The normalized spacial score (nSPS) is 10.9. The summed E-state index contributed by atoms with van der Waals surface area (Å²) in [6.45, 7) is 5.13. The average molecular weight is 495 g/mol. The number of nitrogens with one attached hydrogen (secondary N) is 2. The maximum atomic E-state index is 12.5. The minimum atomic E-state index is -0.764. The van der Waals surface area contributed by atoms with Gasteiger partial charge in [0, 0.05) is 23.1 Å². The van der Waals surface area contributed by atoms with Crippen molar-refractivity contribution in [3.05, 3.63) is 65.9 Å². The Morgan fingerprint density at radius 3 is 2.17 bits per heavy atom. The molecule has 0 atom stereocenters. The molecule has 190 valence electrons. The lowest BCUT2D eigenvalue weighted by molar-refractivity contribution is -0.146. The number of rotatable bonds is 9. The number of methoxy groups -OCH3 is 2. The van der Waals surface area contributed by atoms with E-state index in [0.717, 1.165) is 11.4 Å². The number of benzene rings is 2. The van der Waals surface area contributed by atoms with E-state index in [1.807, 2.05) is 51.1 Å². The number of carbonyl (C=O) groups is 3. The highest BCUT2D eigenvalue weighted by Gasteiger charge is 2.22. The van der Waals surface area contributed by atoms with Crippen molar-refractivity contribution in [3.63, 3.8) is 0 Å². The van der Waals surface area contributed by atoms with Crippen LogP contribution in [0.25, 0.3) is 5.69 Å². The molecule has 2 amide bonds. The van der Waals surface area contributed by atoms with E-state index in [2.05, 4.69) is 15.7 Å². The van der Waals surface area contributed by atoms with Gasteiger partial charge in [-0.25, -0.2) is 4.68 Å². The molecule has 0 radical (unpaired) electrons. The first-order valence-corrected chi connectivity index (χ1v) is 11.2. The van der Waals surface area contributed by atoms with Crippen molar-refractivity contribution < 1.29 is 28.6 Å². The summed E-state index contributed by atoms with van der Waals surface area (Å²) in [5.74, 6) is -0.501. The Bertz CT molecular complexity index is 1210. The Labute approximate surface area is 209 Å². The number of nitrogens with zero attached hydrogens (tertiary/aromatic N) is 2. The van der Waals surface area contributed by atoms with E-state index in [1.165, 1.54) is 26.4 Å². The number of carbonyl (C=O) groups excluding carboxylic acids is 3. The van der Waals surface area contributed by atoms with Crippen LogP contribution in [0.15, 0.2) is 54.6 Å². The predicted molar refractivity (Wildman–Crippen MR) is 134 cm³/mol. The molecule has 2 N–H and O–H groups in total. The summed E-state index contributed by atoms with van der Waals surface area (Å²) < 4.78 is 16.9. The van der Waals surface area contributed by atoms with Crippen LogP contribution in [-0.2, 0) is 19.7 Å². The second-order valence-corrected chi connectivity index (χ2v) is 8.91. The largest absolute Gasteiger partial charge is 0.497 e. The first-order valence-electron chi connectivity index (χ1n) is 11.2. The third kappa shape index (κ3) is 6.84. The van der Waals surface area contributed by atoms with Crippen LogP contribution in [0.3, 0.4) is 0 Å². The van der Waals surface area contributed by atoms with Crippen molar-refractivity contribution in [1.29, 1.82) is 0 Å². The number of hydrogen-bond acceptors (Lipinski definition) is 7. The summed E-state index contributed by atoms with van der Waals surface area (Å²) in [6.07, 6.45) is 0. The summed E-state index contributed by atoms with van der Waals surface area (Å²) in [7, 11) is 2.94. The highest BCUT2D eigenvalue weighted by molar-refractivity contribution is 5.97. The maximum absolute atomic E-state index is 12.5. The molecule has 0 aliphatic rings. The van der Waals surface area contributed by atoms with Crippen LogP contribution in [0.2, 0.25) is 0 Å². The second kappa shape index (κ2) is 11.4. The van der Waals surface area contributed by atoms with Gasteiger partial charge in [0.05, 0.1) is 25.6 Å². The van der Waals surface area contributed by atoms with Gasteiger partial charge in [0.1, 0.15) is 23.9 Å². The van der Waals surface area contributed by atoms with Gasteiger partial charge < -0.3 is 24.8 Å². The smallest absolute Gasteiger partial charge is 0.325 e. The van der Waals surface area contributed by atoms with Crippen molar-refractivity contribution in [3.8, 4) is 17.2 Å². The molecular weight excluding hydrogens is 464 g/mol. The molecule has 3 aromatic rings. The molecule has 1 aromatic heterocycles. The molecule has 2 aromatic carbocycles. The van der Waals surface area contributed by atoms with E-state index in [9.17, 15) is 14.4 Å². The Morgan fingerprint density at radius 1 is 0.944 bits per heavy atom. The molecule has 10 heteroatoms. The Kier molecular flexibility index (Phi) is 8.31. The fourth-order valence-electron chi connectivity index (χ4n) is 3.17. The SMILES string of the molecule is COc1cc(OC)cc(C(=O)NCC(=O)OCC(=O)Nc2cc(C(C)(C)C)nn2-c2ccccc2)c1. The number of ether oxygens (including phenoxy) is 3. The van der Waals surface area contributed by atoms with Crippen molar-refractivity contribution >= 4 is 23.6 Å². The van der Waals surface area contributed by atoms with Gasteiger partial charge in [-0.1, -0.05) is 39.0 Å². The molecular formula is C26H30N4O6. The van der Waals surface area contributed by atoms with Gasteiger partial charge >= 0.3 is 5.97 Å². The second-order valence-electron chi connectivity index (χ2n) is 8.91. The number of amides is 2. The molecule has 0 spiro atoms. The Morgan fingerprint density at radius 2 is 1.58 bits per heavy atom.